The molecule has 0 saturated carbocycles. The van der Waals surface area contributed by atoms with Gasteiger partial charge in [0.1, 0.15) is 0 Å². The van der Waals surface area contributed by atoms with Gasteiger partial charge in [0.2, 0.25) is 5.91 Å². The van der Waals surface area contributed by atoms with Crippen LogP contribution in [0.2, 0.25) is 0 Å². The maximum atomic E-state index is 11.2. The van der Waals surface area contributed by atoms with Crippen molar-refractivity contribution >= 4 is 47.2 Å². The number of nitrogens with zero attached hydrogens (tertiary/aromatic N) is 3. The summed E-state index contributed by atoms with van der Waals surface area (Å²) in [4.78, 5) is 22.0. The van der Waals surface area contributed by atoms with Gasteiger partial charge in [0.15, 0.2) is 5.96 Å². The fourth-order valence-electron chi connectivity index (χ4n) is 3.30. The molecule has 148 valence electrons. The summed E-state index contributed by atoms with van der Waals surface area (Å²) in [5.74, 6) is 1.07. The Morgan fingerprint density at radius 1 is 1.54 bits per heavy atom. The third-order valence-electron chi connectivity index (χ3n) is 4.55. The van der Waals surface area contributed by atoms with Gasteiger partial charge in [-0.2, -0.15) is 0 Å². The third kappa shape index (κ3) is 7.03. The number of carbonyl (C=O) groups excluding carboxylic acids is 1. The van der Waals surface area contributed by atoms with Crippen molar-refractivity contribution in [2.75, 3.05) is 40.3 Å². The molecule has 1 amide bonds. The Hall–Kier alpha value is -0.870. The highest BCUT2D eigenvalue weighted by atomic mass is 127. The van der Waals surface area contributed by atoms with E-state index in [-0.39, 0.29) is 35.9 Å². The number of rotatable bonds is 7. The van der Waals surface area contributed by atoms with Gasteiger partial charge in [-0.05, 0) is 51.2 Å². The van der Waals surface area contributed by atoms with E-state index >= 15 is 0 Å². The standard InChI is InChI=1S/C18H31N5OS.HI/c1-4-20-18(23-9-5-7-14(13-23)11-17(19)24)21-12-15(22(2)3)16-8-6-10-25-16;/h6,8,10,14-15H,4-5,7,9,11-13H2,1-3H3,(H2,19,24)(H,20,21);1H. The molecule has 0 radical (unpaired) electrons. The molecule has 26 heavy (non-hydrogen) atoms. The molecular formula is C18H32IN5OS. The molecule has 0 aromatic carbocycles. The molecule has 1 aliphatic heterocycles. The minimum Gasteiger partial charge on any atom is -0.370 e. The predicted octanol–water partition coefficient (Wildman–Crippen LogP) is 2.52. The number of nitrogens with one attached hydrogen (secondary N) is 1. The minimum atomic E-state index is -0.209. The summed E-state index contributed by atoms with van der Waals surface area (Å²) >= 11 is 1.77. The number of hydrogen-bond donors (Lipinski definition) is 2. The third-order valence-corrected chi connectivity index (χ3v) is 5.53. The predicted molar refractivity (Wildman–Crippen MR) is 120 cm³/mol. The van der Waals surface area contributed by atoms with Gasteiger partial charge in [-0.15, -0.1) is 35.3 Å². The summed E-state index contributed by atoms with van der Waals surface area (Å²) in [5.41, 5.74) is 5.38. The van der Waals surface area contributed by atoms with Crippen molar-refractivity contribution in [3.05, 3.63) is 22.4 Å². The first-order chi connectivity index (χ1) is 12.0. The topological polar surface area (TPSA) is 74.0 Å². The van der Waals surface area contributed by atoms with Gasteiger partial charge < -0.3 is 20.9 Å². The summed E-state index contributed by atoms with van der Waals surface area (Å²) in [5, 5.41) is 5.52. The molecule has 2 heterocycles. The van der Waals surface area contributed by atoms with E-state index in [9.17, 15) is 4.79 Å². The Morgan fingerprint density at radius 3 is 2.88 bits per heavy atom. The average Bonchev–Trinajstić information content (AvgIpc) is 3.07. The lowest BCUT2D eigenvalue weighted by molar-refractivity contribution is -0.119. The number of nitrogens with two attached hydrogens (primary N) is 1. The Kier molecular flexibility index (Phi) is 10.5. The number of halogens is 1. The monoisotopic (exact) mass is 493 g/mol. The number of likely N-dealkylation sites (tertiary alicyclic amines) is 1. The molecule has 0 bridgehead atoms. The summed E-state index contributed by atoms with van der Waals surface area (Å²) in [6, 6.07) is 4.53. The van der Waals surface area contributed by atoms with E-state index in [0.717, 1.165) is 38.4 Å². The lowest BCUT2D eigenvalue weighted by atomic mass is 9.95. The fraction of sp³-hybridized carbons (Fsp3) is 0.667. The van der Waals surface area contributed by atoms with Gasteiger partial charge >= 0.3 is 0 Å². The van der Waals surface area contributed by atoms with E-state index < -0.39 is 0 Å². The number of primary amides is 1. The molecule has 2 unspecified atom stereocenters. The van der Waals surface area contributed by atoms with Crippen LogP contribution in [0.5, 0.6) is 0 Å². The molecule has 0 spiro atoms. The van der Waals surface area contributed by atoms with Gasteiger partial charge in [0.25, 0.3) is 0 Å². The molecule has 6 nitrogen and oxygen atoms in total. The quantitative estimate of drug-likeness (QED) is 0.348. The molecule has 1 fully saturated rings. The molecule has 1 aliphatic rings. The molecule has 3 N–H and O–H groups in total. The van der Waals surface area contributed by atoms with Crippen LogP contribution < -0.4 is 11.1 Å². The average molecular weight is 493 g/mol. The lowest BCUT2D eigenvalue weighted by Gasteiger charge is -2.35. The van der Waals surface area contributed by atoms with E-state index in [1.54, 1.807) is 11.3 Å². The number of thiophene rings is 1. The van der Waals surface area contributed by atoms with Crippen LogP contribution in [0, 0.1) is 5.92 Å². The Balaban J connectivity index is 0.00000338. The number of guanidine groups is 1. The first-order valence-electron chi connectivity index (χ1n) is 9.02. The highest BCUT2D eigenvalue weighted by molar-refractivity contribution is 14.0. The number of amides is 1. The molecule has 2 rings (SSSR count). The van der Waals surface area contributed by atoms with Gasteiger partial charge in [-0.1, -0.05) is 6.07 Å². The van der Waals surface area contributed by atoms with E-state index in [1.165, 1.54) is 4.88 Å². The summed E-state index contributed by atoms with van der Waals surface area (Å²) in [7, 11) is 4.19. The van der Waals surface area contributed by atoms with Crippen LogP contribution in [0.25, 0.3) is 0 Å². The minimum absolute atomic E-state index is 0. The van der Waals surface area contributed by atoms with Crippen LogP contribution in [0.1, 0.15) is 37.1 Å². The molecule has 1 aromatic heterocycles. The van der Waals surface area contributed by atoms with Crippen molar-refractivity contribution in [3.63, 3.8) is 0 Å². The number of hydrogen-bond acceptors (Lipinski definition) is 4. The normalized spacial score (nSPS) is 19.2. The van der Waals surface area contributed by atoms with Crippen molar-refractivity contribution in [2.24, 2.45) is 16.6 Å². The second kappa shape index (κ2) is 11.8. The van der Waals surface area contributed by atoms with E-state index in [0.29, 0.717) is 18.9 Å². The Bertz CT molecular complexity index is 564. The summed E-state index contributed by atoms with van der Waals surface area (Å²) in [6.07, 6.45) is 2.60. The van der Waals surface area contributed by atoms with Crippen LogP contribution in [-0.4, -0.2) is 61.9 Å². The molecule has 8 heteroatoms. The second-order valence-corrected chi connectivity index (χ2v) is 7.79. The van der Waals surface area contributed by atoms with Crippen LogP contribution in [0.4, 0.5) is 0 Å². The fourth-order valence-corrected chi connectivity index (χ4v) is 4.21. The highest BCUT2D eigenvalue weighted by Gasteiger charge is 2.24. The smallest absolute Gasteiger partial charge is 0.217 e. The van der Waals surface area contributed by atoms with Crippen LogP contribution in [-0.2, 0) is 4.79 Å². The largest absolute Gasteiger partial charge is 0.370 e. The van der Waals surface area contributed by atoms with Crippen LogP contribution in [0.15, 0.2) is 22.5 Å². The maximum absolute atomic E-state index is 11.2. The van der Waals surface area contributed by atoms with E-state index in [1.807, 2.05) is 0 Å². The van der Waals surface area contributed by atoms with E-state index in [2.05, 4.69) is 53.6 Å². The number of likely N-dealkylation sites (N-methyl/N-ethyl adjacent to an activating group) is 1. The highest BCUT2D eigenvalue weighted by Crippen LogP contribution is 2.24. The molecule has 1 aromatic rings. The number of piperidine rings is 1. The first-order valence-corrected chi connectivity index (χ1v) is 9.90. The van der Waals surface area contributed by atoms with Gasteiger partial charge in [0, 0.05) is 30.9 Å². The van der Waals surface area contributed by atoms with Crippen molar-refractivity contribution < 1.29 is 4.79 Å². The lowest BCUT2D eigenvalue weighted by Crippen LogP contribution is -2.47. The van der Waals surface area contributed by atoms with Gasteiger partial charge in [-0.25, -0.2) is 0 Å². The maximum Gasteiger partial charge on any atom is 0.217 e. The molecule has 0 aliphatic carbocycles. The van der Waals surface area contributed by atoms with E-state index in [4.69, 9.17) is 10.7 Å². The first kappa shape index (κ1) is 23.2. The molecule has 1 saturated heterocycles. The van der Waals surface area contributed by atoms with Crippen LogP contribution >= 0.6 is 35.3 Å². The molecular weight excluding hydrogens is 461 g/mol. The van der Waals surface area contributed by atoms with Crippen molar-refractivity contribution in [1.82, 2.24) is 15.1 Å². The zero-order valence-corrected chi connectivity index (χ0v) is 19.1. The van der Waals surface area contributed by atoms with Gasteiger partial charge in [0.05, 0.1) is 12.6 Å². The zero-order chi connectivity index (χ0) is 18.2. The Morgan fingerprint density at radius 2 is 2.31 bits per heavy atom. The van der Waals surface area contributed by atoms with Crippen molar-refractivity contribution in [1.29, 1.82) is 0 Å². The van der Waals surface area contributed by atoms with Crippen molar-refractivity contribution in [2.45, 2.75) is 32.2 Å². The Labute approximate surface area is 178 Å². The van der Waals surface area contributed by atoms with Crippen LogP contribution in [0.3, 0.4) is 0 Å². The SMILES string of the molecule is CCNC(=NCC(c1cccs1)N(C)C)N1CCCC(CC(N)=O)C1.I. The number of aliphatic imine (C=N–C) groups is 1. The number of carbonyl (C=O) groups is 1. The van der Waals surface area contributed by atoms with Crippen molar-refractivity contribution in [3.8, 4) is 0 Å². The summed E-state index contributed by atoms with van der Waals surface area (Å²) in [6.45, 7) is 5.46. The second-order valence-electron chi connectivity index (χ2n) is 6.81. The van der Waals surface area contributed by atoms with Gasteiger partial charge in [-0.3, -0.25) is 9.79 Å². The summed E-state index contributed by atoms with van der Waals surface area (Å²) < 4.78 is 0. The molecule has 2 atom stereocenters. The zero-order valence-electron chi connectivity index (χ0n) is 16.0.